The highest BCUT2D eigenvalue weighted by molar-refractivity contribution is 14.1. The number of hydrogen-bond acceptors (Lipinski definition) is 8. The molecular formula is C28H34Cl2IN3O7. The van der Waals surface area contributed by atoms with Crippen LogP contribution < -0.4 is 25.0 Å². The standard InChI is InChI=1S/C28H34Cl2IN3O7/c1-6-38-24-12-18(11-21(31)26(24)40-15-25(35)39-7-2)14-32-34-28(37)22(10-16(3)4)33-27(36)17(5)41-23-9-8-19(29)13-20(23)30/h8-9,11-14,16-17,22H,6-7,10,15H2,1-5H3,(H,33,36)(H,34,37)/b32-14-/t17-,22-/m0/s1. The average molecular weight is 722 g/mol. The van der Waals surface area contributed by atoms with Gasteiger partial charge in [-0.05, 0) is 91.6 Å². The van der Waals surface area contributed by atoms with Crippen molar-refractivity contribution in [3.05, 3.63) is 49.5 Å². The lowest BCUT2D eigenvalue weighted by atomic mass is 10.0. The summed E-state index contributed by atoms with van der Waals surface area (Å²) in [7, 11) is 0. The van der Waals surface area contributed by atoms with Gasteiger partial charge in [-0.3, -0.25) is 9.59 Å². The molecule has 0 unspecified atom stereocenters. The van der Waals surface area contributed by atoms with Gasteiger partial charge in [0.05, 0.1) is 28.0 Å². The number of carbonyl (C=O) groups excluding carboxylic acids is 3. The van der Waals surface area contributed by atoms with E-state index in [2.05, 4.69) is 38.4 Å². The Balaban J connectivity index is 2.09. The van der Waals surface area contributed by atoms with Crippen LogP contribution in [0.5, 0.6) is 17.2 Å². The Labute approximate surface area is 263 Å². The summed E-state index contributed by atoms with van der Waals surface area (Å²) in [6.07, 6.45) is 0.893. The molecule has 0 aliphatic rings. The van der Waals surface area contributed by atoms with E-state index in [1.807, 2.05) is 20.8 Å². The topological polar surface area (TPSA) is 125 Å². The highest BCUT2D eigenvalue weighted by Gasteiger charge is 2.25. The predicted octanol–water partition coefficient (Wildman–Crippen LogP) is 5.39. The number of benzene rings is 2. The minimum absolute atomic E-state index is 0.106. The number of esters is 1. The Morgan fingerprint density at radius 3 is 2.37 bits per heavy atom. The molecule has 2 atom stereocenters. The van der Waals surface area contributed by atoms with Gasteiger partial charge in [-0.2, -0.15) is 5.10 Å². The summed E-state index contributed by atoms with van der Waals surface area (Å²) in [6, 6.07) is 7.26. The Kier molecular flexibility index (Phi) is 14.5. The van der Waals surface area contributed by atoms with Gasteiger partial charge < -0.3 is 24.3 Å². The van der Waals surface area contributed by atoms with Crippen LogP contribution >= 0.6 is 45.8 Å². The van der Waals surface area contributed by atoms with Crippen molar-refractivity contribution < 1.29 is 33.3 Å². The van der Waals surface area contributed by atoms with Crippen LogP contribution in [0.2, 0.25) is 10.0 Å². The third-order valence-electron chi connectivity index (χ3n) is 5.27. The lowest BCUT2D eigenvalue weighted by molar-refractivity contribution is -0.145. The molecule has 0 saturated carbocycles. The first-order chi connectivity index (χ1) is 19.4. The number of halogens is 3. The summed E-state index contributed by atoms with van der Waals surface area (Å²) < 4.78 is 22.5. The van der Waals surface area contributed by atoms with Gasteiger partial charge in [0.2, 0.25) is 0 Å². The predicted molar refractivity (Wildman–Crippen MR) is 166 cm³/mol. The molecule has 13 heteroatoms. The van der Waals surface area contributed by atoms with Crippen molar-refractivity contribution in [3.8, 4) is 17.2 Å². The van der Waals surface area contributed by atoms with Crippen LogP contribution in [0.25, 0.3) is 0 Å². The zero-order valence-corrected chi connectivity index (χ0v) is 27.1. The minimum Gasteiger partial charge on any atom is -0.490 e. The van der Waals surface area contributed by atoms with E-state index in [1.165, 1.54) is 12.3 Å². The van der Waals surface area contributed by atoms with Crippen molar-refractivity contribution >= 4 is 69.8 Å². The fourth-order valence-electron chi connectivity index (χ4n) is 3.45. The van der Waals surface area contributed by atoms with Crippen LogP contribution in [0.4, 0.5) is 0 Å². The smallest absolute Gasteiger partial charge is 0.344 e. The number of rotatable bonds is 15. The first kappa shape index (κ1) is 34.4. The molecule has 0 fully saturated rings. The zero-order chi connectivity index (χ0) is 30.5. The molecule has 224 valence electrons. The van der Waals surface area contributed by atoms with E-state index in [1.54, 1.807) is 38.1 Å². The van der Waals surface area contributed by atoms with E-state index < -0.39 is 29.9 Å². The van der Waals surface area contributed by atoms with Crippen molar-refractivity contribution in [2.75, 3.05) is 19.8 Å². The third-order valence-corrected chi connectivity index (χ3v) is 6.60. The van der Waals surface area contributed by atoms with Gasteiger partial charge in [-0.15, -0.1) is 0 Å². The van der Waals surface area contributed by atoms with E-state index in [-0.39, 0.29) is 24.2 Å². The summed E-state index contributed by atoms with van der Waals surface area (Å²) >= 11 is 14.1. The second-order valence-corrected chi connectivity index (χ2v) is 11.1. The number of carbonyl (C=O) groups is 3. The van der Waals surface area contributed by atoms with E-state index in [9.17, 15) is 14.4 Å². The van der Waals surface area contributed by atoms with Gasteiger partial charge in [-0.1, -0.05) is 37.0 Å². The molecule has 0 spiro atoms. The van der Waals surface area contributed by atoms with Gasteiger partial charge in [-0.25, -0.2) is 10.2 Å². The number of ether oxygens (including phenoxy) is 4. The SMILES string of the molecule is CCOC(=O)COc1c(I)cc(/C=N\NC(=O)[C@H](CC(C)C)NC(=O)[C@H](C)Oc2ccc(Cl)cc2Cl)cc1OCC. The van der Waals surface area contributed by atoms with E-state index in [4.69, 9.17) is 42.1 Å². The molecule has 2 N–H and O–H groups in total. The Bertz CT molecular complexity index is 1240. The molecule has 0 aliphatic carbocycles. The molecule has 10 nitrogen and oxygen atoms in total. The van der Waals surface area contributed by atoms with Gasteiger partial charge in [0.15, 0.2) is 24.2 Å². The zero-order valence-electron chi connectivity index (χ0n) is 23.5. The molecule has 0 heterocycles. The number of hydrazone groups is 1. The molecule has 0 bridgehead atoms. The summed E-state index contributed by atoms with van der Waals surface area (Å²) in [4.78, 5) is 37.5. The molecule has 0 aliphatic heterocycles. The first-order valence-corrected chi connectivity index (χ1v) is 14.8. The maximum Gasteiger partial charge on any atom is 0.344 e. The highest BCUT2D eigenvalue weighted by atomic mass is 127. The lowest BCUT2D eigenvalue weighted by Crippen LogP contribution is -2.49. The van der Waals surface area contributed by atoms with Crippen molar-refractivity contribution in [1.29, 1.82) is 0 Å². The second kappa shape index (κ2) is 17.2. The number of nitrogens with zero attached hydrogens (tertiary/aromatic N) is 1. The Morgan fingerprint density at radius 2 is 1.73 bits per heavy atom. The summed E-state index contributed by atoms with van der Waals surface area (Å²) in [5.74, 6) is -0.254. The second-order valence-electron chi connectivity index (χ2n) is 9.12. The van der Waals surface area contributed by atoms with Crippen molar-refractivity contribution in [2.24, 2.45) is 11.0 Å². The molecular weight excluding hydrogens is 688 g/mol. The van der Waals surface area contributed by atoms with Crippen LogP contribution in [-0.2, 0) is 19.1 Å². The van der Waals surface area contributed by atoms with Crippen molar-refractivity contribution in [1.82, 2.24) is 10.7 Å². The summed E-state index contributed by atoms with van der Waals surface area (Å²) in [5, 5.41) is 7.50. The Hall–Kier alpha value is -2.77. The van der Waals surface area contributed by atoms with Crippen molar-refractivity contribution in [2.45, 2.75) is 53.2 Å². The summed E-state index contributed by atoms with van der Waals surface area (Å²) in [6.45, 7) is 9.33. The molecule has 0 radical (unpaired) electrons. The van der Waals surface area contributed by atoms with Crippen LogP contribution in [0.1, 0.15) is 46.6 Å². The van der Waals surface area contributed by atoms with E-state index in [0.717, 1.165) is 0 Å². The highest BCUT2D eigenvalue weighted by Crippen LogP contribution is 2.34. The quantitative estimate of drug-likeness (QED) is 0.109. The largest absolute Gasteiger partial charge is 0.490 e. The lowest BCUT2D eigenvalue weighted by Gasteiger charge is -2.22. The van der Waals surface area contributed by atoms with Gasteiger partial charge in [0, 0.05) is 5.02 Å². The van der Waals surface area contributed by atoms with Gasteiger partial charge >= 0.3 is 5.97 Å². The number of amides is 2. The maximum absolute atomic E-state index is 13.0. The van der Waals surface area contributed by atoms with E-state index in [0.29, 0.717) is 44.4 Å². The fraction of sp³-hybridized carbons (Fsp3) is 0.429. The minimum atomic E-state index is -0.928. The van der Waals surface area contributed by atoms with Crippen LogP contribution in [0.3, 0.4) is 0 Å². The Morgan fingerprint density at radius 1 is 1.00 bits per heavy atom. The third kappa shape index (κ3) is 11.6. The molecule has 2 aromatic carbocycles. The summed E-state index contributed by atoms with van der Waals surface area (Å²) in [5.41, 5.74) is 3.11. The molecule has 2 aromatic rings. The average Bonchev–Trinajstić information content (AvgIpc) is 2.89. The van der Waals surface area contributed by atoms with Crippen molar-refractivity contribution in [3.63, 3.8) is 0 Å². The molecule has 41 heavy (non-hydrogen) atoms. The monoisotopic (exact) mass is 721 g/mol. The van der Waals surface area contributed by atoms with Crippen LogP contribution in [0, 0.1) is 9.49 Å². The molecule has 0 saturated heterocycles. The normalized spacial score (nSPS) is 12.5. The number of nitrogens with one attached hydrogen (secondary N) is 2. The van der Waals surface area contributed by atoms with Gasteiger partial charge in [0.1, 0.15) is 11.8 Å². The van der Waals surface area contributed by atoms with Gasteiger partial charge in [0.25, 0.3) is 11.8 Å². The fourth-order valence-corrected chi connectivity index (χ4v) is 4.69. The maximum atomic E-state index is 13.0. The van der Waals surface area contributed by atoms with E-state index >= 15 is 0 Å². The number of hydrogen-bond donors (Lipinski definition) is 2. The molecule has 0 aromatic heterocycles. The van der Waals surface area contributed by atoms with Crippen LogP contribution in [0.15, 0.2) is 35.4 Å². The first-order valence-electron chi connectivity index (χ1n) is 12.9. The molecule has 2 amide bonds. The molecule has 2 rings (SSSR count). The van der Waals surface area contributed by atoms with Crippen LogP contribution in [-0.4, -0.2) is 56.0 Å².